The molecule has 2 N–H and O–H groups in total. The standard InChI is InChI=1S/C19H18N2O4S/c1-3-25-19(23)16-17(22)15(11-13-5-4-10-20-13)26-18(16)21-12-6-8-14(24-2)9-7-12/h4-11,20,22H,3H2,1-2H3/b15-11+,21-18?. The highest BCUT2D eigenvalue weighted by atomic mass is 32.2. The molecule has 26 heavy (non-hydrogen) atoms. The van der Waals surface area contributed by atoms with E-state index in [1.54, 1.807) is 50.6 Å². The maximum absolute atomic E-state index is 12.3. The summed E-state index contributed by atoms with van der Waals surface area (Å²) in [6.07, 6.45) is 3.54. The Labute approximate surface area is 155 Å². The molecule has 0 atom stereocenters. The summed E-state index contributed by atoms with van der Waals surface area (Å²) >= 11 is 1.22. The lowest BCUT2D eigenvalue weighted by Gasteiger charge is -2.04. The lowest BCUT2D eigenvalue weighted by Crippen LogP contribution is -2.12. The number of carbonyl (C=O) groups excluding carboxylic acids is 1. The fourth-order valence-electron chi connectivity index (χ4n) is 2.34. The zero-order valence-corrected chi connectivity index (χ0v) is 15.2. The largest absolute Gasteiger partial charge is 0.506 e. The average molecular weight is 370 g/mol. The lowest BCUT2D eigenvalue weighted by molar-refractivity contribution is -0.138. The molecule has 1 aliphatic rings. The van der Waals surface area contributed by atoms with Crippen molar-refractivity contribution in [2.24, 2.45) is 4.99 Å². The molecule has 3 rings (SSSR count). The highest BCUT2D eigenvalue weighted by molar-refractivity contribution is 8.18. The summed E-state index contributed by atoms with van der Waals surface area (Å²) in [5.41, 5.74) is 1.53. The summed E-state index contributed by atoms with van der Waals surface area (Å²) in [4.78, 5) is 20.4. The number of nitrogens with one attached hydrogen (secondary N) is 1. The minimum atomic E-state index is -0.598. The van der Waals surface area contributed by atoms with E-state index in [1.165, 1.54) is 11.8 Å². The molecule has 1 aromatic heterocycles. The van der Waals surface area contributed by atoms with Gasteiger partial charge in [-0.15, -0.1) is 0 Å². The summed E-state index contributed by atoms with van der Waals surface area (Å²) in [5, 5.41) is 10.9. The van der Waals surface area contributed by atoms with Crippen molar-refractivity contribution in [2.75, 3.05) is 13.7 Å². The van der Waals surface area contributed by atoms with E-state index in [-0.39, 0.29) is 17.9 Å². The number of esters is 1. The van der Waals surface area contributed by atoms with E-state index in [9.17, 15) is 9.90 Å². The Bertz CT molecular complexity index is 881. The zero-order valence-electron chi connectivity index (χ0n) is 14.4. The maximum Gasteiger partial charge on any atom is 0.344 e. The molecule has 6 nitrogen and oxygen atoms in total. The predicted octanol–water partition coefficient (Wildman–Crippen LogP) is 4.22. The number of hydrogen-bond acceptors (Lipinski definition) is 6. The van der Waals surface area contributed by atoms with E-state index in [0.29, 0.717) is 21.4 Å². The van der Waals surface area contributed by atoms with Crippen LogP contribution in [0.3, 0.4) is 0 Å². The van der Waals surface area contributed by atoms with E-state index in [2.05, 4.69) is 9.98 Å². The first-order valence-electron chi connectivity index (χ1n) is 7.99. The molecule has 2 aromatic rings. The summed E-state index contributed by atoms with van der Waals surface area (Å²) in [7, 11) is 1.59. The third kappa shape index (κ3) is 3.83. The van der Waals surface area contributed by atoms with E-state index in [4.69, 9.17) is 9.47 Å². The minimum Gasteiger partial charge on any atom is -0.506 e. The van der Waals surface area contributed by atoms with E-state index in [1.807, 2.05) is 12.1 Å². The molecule has 0 unspecified atom stereocenters. The van der Waals surface area contributed by atoms with Gasteiger partial charge in [0.25, 0.3) is 0 Å². The predicted molar refractivity (Wildman–Crippen MR) is 103 cm³/mol. The second kappa shape index (κ2) is 7.97. The SMILES string of the molecule is CCOC(=O)C1=C(O)/C(=C\c2ccc[nH]2)SC1=Nc1ccc(OC)cc1. The normalized spacial score (nSPS) is 17.2. The van der Waals surface area contributed by atoms with Gasteiger partial charge in [0.2, 0.25) is 0 Å². The number of aliphatic imine (C=N–C) groups is 1. The third-order valence-corrected chi connectivity index (χ3v) is 4.60. The van der Waals surface area contributed by atoms with Crippen LogP contribution >= 0.6 is 11.8 Å². The van der Waals surface area contributed by atoms with Gasteiger partial charge in [-0.2, -0.15) is 0 Å². The Hall–Kier alpha value is -2.93. The molecule has 0 saturated carbocycles. The number of aromatic nitrogens is 1. The number of rotatable bonds is 5. The monoisotopic (exact) mass is 370 g/mol. The Balaban J connectivity index is 1.99. The van der Waals surface area contributed by atoms with Crippen LogP contribution in [-0.2, 0) is 9.53 Å². The number of nitrogens with zero attached hydrogens (tertiary/aromatic N) is 1. The van der Waals surface area contributed by atoms with Crippen LogP contribution in [-0.4, -0.2) is 34.8 Å². The molecule has 0 spiro atoms. The maximum atomic E-state index is 12.3. The van der Waals surface area contributed by atoms with Crippen LogP contribution in [0.4, 0.5) is 5.69 Å². The van der Waals surface area contributed by atoms with Crippen molar-refractivity contribution < 1.29 is 19.4 Å². The van der Waals surface area contributed by atoms with Gasteiger partial charge in [0, 0.05) is 11.9 Å². The molecule has 0 aliphatic carbocycles. The van der Waals surface area contributed by atoms with Crippen LogP contribution in [0.2, 0.25) is 0 Å². The number of aliphatic hydroxyl groups excluding tert-OH is 1. The third-order valence-electron chi connectivity index (χ3n) is 3.58. The quantitative estimate of drug-likeness (QED) is 0.770. The van der Waals surface area contributed by atoms with Gasteiger partial charge in [-0.1, -0.05) is 11.8 Å². The van der Waals surface area contributed by atoms with Gasteiger partial charge in [-0.3, -0.25) is 0 Å². The molecule has 1 aromatic carbocycles. The van der Waals surface area contributed by atoms with E-state index >= 15 is 0 Å². The van der Waals surface area contributed by atoms with Crippen molar-refractivity contribution in [3.05, 3.63) is 64.5 Å². The van der Waals surface area contributed by atoms with Crippen LogP contribution in [0.1, 0.15) is 12.6 Å². The first-order chi connectivity index (χ1) is 12.6. The van der Waals surface area contributed by atoms with Crippen LogP contribution in [0.5, 0.6) is 5.75 Å². The minimum absolute atomic E-state index is 0.0745. The smallest absolute Gasteiger partial charge is 0.344 e. The second-order valence-electron chi connectivity index (χ2n) is 5.30. The fourth-order valence-corrected chi connectivity index (χ4v) is 3.37. The van der Waals surface area contributed by atoms with Gasteiger partial charge in [0.05, 0.1) is 24.3 Å². The number of thioether (sulfide) groups is 1. The molecule has 7 heteroatoms. The number of carbonyl (C=O) groups is 1. The Kier molecular flexibility index (Phi) is 5.48. The van der Waals surface area contributed by atoms with Crippen molar-refractivity contribution in [1.82, 2.24) is 4.98 Å². The Morgan fingerprint density at radius 1 is 1.31 bits per heavy atom. The van der Waals surface area contributed by atoms with Crippen molar-refractivity contribution in [1.29, 1.82) is 0 Å². The van der Waals surface area contributed by atoms with Gasteiger partial charge in [0.1, 0.15) is 22.1 Å². The van der Waals surface area contributed by atoms with Crippen LogP contribution in [0.25, 0.3) is 6.08 Å². The Morgan fingerprint density at radius 2 is 2.08 bits per heavy atom. The molecule has 0 bridgehead atoms. The molecular formula is C19H18N2O4S. The lowest BCUT2D eigenvalue weighted by atomic mass is 10.2. The van der Waals surface area contributed by atoms with Gasteiger partial charge in [-0.25, -0.2) is 9.79 Å². The van der Waals surface area contributed by atoms with E-state index in [0.717, 1.165) is 5.69 Å². The van der Waals surface area contributed by atoms with E-state index < -0.39 is 5.97 Å². The molecule has 0 saturated heterocycles. The van der Waals surface area contributed by atoms with Crippen LogP contribution in [0.15, 0.2) is 63.8 Å². The number of H-pyrrole nitrogens is 1. The summed E-state index contributed by atoms with van der Waals surface area (Å²) in [6, 6.07) is 10.8. The first kappa shape index (κ1) is 17.9. The molecule has 0 amide bonds. The summed E-state index contributed by atoms with van der Waals surface area (Å²) < 4.78 is 10.2. The second-order valence-corrected chi connectivity index (χ2v) is 6.33. The van der Waals surface area contributed by atoms with Crippen molar-refractivity contribution in [3.8, 4) is 5.75 Å². The summed E-state index contributed by atoms with van der Waals surface area (Å²) in [5.74, 6) is -0.0145. The topological polar surface area (TPSA) is 83.9 Å². The van der Waals surface area contributed by atoms with Crippen LogP contribution < -0.4 is 4.74 Å². The van der Waals surface area contributed by atoms with Gasteiger partial charge < -0.3 is 19.6 Å². The van der Waals surface area contributed by atoms with Crippen LogP contribution in [0, 0.1) is 0 Å². The fraction of sp³-hybridized carbons (Fsp3) is 0.158. The van der Waals surface area contributed by atoms with Crippen molar-refractivity contribution >= 4 is 34.5 Å². The zero-order chi connectivity index (χ0) is 18.5. The van der Waals surface area contributed by atoms with Gasteiger partial charge in [0.15, 0.2) is 0 Å². The number of hydrogen-bond donors (Lipinski definition) is 2. The first-order valence-corrected chi connectivity index (χ1v) is 8.80. The number of ether oxygens (including phenoxy) is 2. The molecule has 0 radical (unpaired) electrons. The molecule has 0 fully saturated rings. The average Bonchev–Trinajstić information content (AvgIpc) is 3.25. The van der Waals surface area contributed by atoms with Gasteiger partial charge in [-0.05, 0) is 49.4 Å². The molecule has 134 valence electrons. The highest BCUT2D eigenvalue weighted by Crippen LogP contribution is 2.40. The molecule has 1 aliphatic heterocycles. The number of benzene rings is 1. The number of methoxy groups -OCH3 is 1. The van der Waals surface area contributed by atoms with Crippen molar-refractivity contribution in [2.45, 2.75) is 6.92 Å². The number of aliphatic hydroxyl groups is 1. The summed E-state index contributed by atoms with van der Waals surface area (Å²) in [6.45, 7) is 1.93. The highest BCUT2D eigenvalue weighted by Gasteiger charge is 2.33. The number of aromatic amines is 1. The molecular weight excluding hydrogens is 352 g/mol. The molecule has 2 heterocycles. The Morgan fingerprint density at radius 3 is 2.69 bits per heavy atom. The van der Waals surface area contributed by atoms with Crippen molar-refractivity contribution in [3.63, 3.8) is 0 Å². The van der Waals surface area contributed by atoms with Gasteiger partial charge >= 0.3 is 5.97 Å².